The first-order chi connectivity index (χ1) is 24.4. The second kappa shape index (κ2) is 19.6. The van der Waals surface area contributed by atoms with Crippen LogP contribution in [0.2, 0.25) is 0 Å². The molecule has 0 radical (unpaired) electrons. The highest BCUT2D eigenvalue weighted by Crippen LogP contribution is 2.32. The van der Waals surface area contributed by atoms with E-state index in [-0.39, 0.29) is 45.2 Å². The molecule has 4 amide bonds. The molecule has 0 saturated heterocycles. The number of methoxy groups -OCH3 is 2. The quantitative estimate of drug-likeness (QED) is 0.0448. The number of hydrogen-bond donors (Lipinski definition) is 6. The fourth-order valence-electron chi connectivity index (χ4n) is 5.02. The van der Waals surface area contributed by atoms with Gasteiger partial charge in [0.05, 0.1) is 20.1 Å². The second-order valence-electron chi connectivity index (χ2n) is 11.2. The van der Waals surface area contributed by atoms with E-state index < -0.39 is 41.7 Å². The molecule has 16 nitrogen and oxygen atoms in total. The van der Waals surface area contributed by atoms with Crippen molar-refractivity contribution in [2.75, 3.05) is 34.0 Å². The van der Waals surface area contributed by atoms with Crippen LogP contribution in [0.1, 0.15) is 41.0 Å². The summed E-state index contributed by atoms with van der Waals surface area (Å²) >= 11 is 0. The SMILES string of the molecule is COC(=O)COc1ccc(C(C(=O)N(Cc2ccc(CNC(N)=O)cc2)[C@H](CCCNC(=N)N)C(N)=O)c2ccc(OCC(=O)OC)cc2)cc1. The van der Waals surface area contributed by atoms with Crippen molar-refractivity contribution >= 4 is 35.7 Å². The van der Waals surface area contributed by atoms with Crippen molar-refractivity contribution < 1.29 is 42.9 Å². The zero-order valence-corrected chi connectivity index (χ0v) is 28.4. The number of primary amides is 2. The van der Waals surface area contributed by atoms with Crippen molar-refractivity contribution in [1.29, 1.82) is 5.41 Å². The summed E-state index contributed by atoms with van der Waals surface area (Å²) in [5, 5.41) is 12.7. The first kappa shape index (κ1) is 39.1. The van der Waals surface area contributed by atoms with Gasteiger partial charge in [0, 0.05) is 19.6 Å². The number of amides is 4. The van der Waals surface area contributed by atoms with Crippen LogP contribution in [0.5, 0.6) is 11.5 Å². The van der Waals surface area contributed by atoms with Crippen molar-refractivity contribution in [3.8, 4) is 11.5 Å². The first-order valence-electron chi connectivity index (χ1n) is 15.8. The monoisotopic (exact) mass is 705 g/mol. The summed E-state index contributed by atoms with van der Waals surface area (Å²) in [6.07, 6.45) is 0.521. The van der Waals surface area contributed by atoms with Crippen molar-refractivity contribution in [3.05, 3.63) is 95.1 Å². The minimum absolute atomic E-state index is 0.00669. The Labute approximate surface area is 295 Å². The zero-order chi connectivity index (χ0) is 37.3. The molecular weight excluding hydrogens is 662 g/mol. The van der Waals surface area contributed by atoms with Gasteiger partial charge in [0.1, 0.15) is 17.5 Å². The molecule has 16 heteroatoms. The predicted octanol–water partition coefficient (Wildman–Crippen LogP) is 1.24. The third kappa shape index (κ3) is 12.6. The van der Waals surface area contributed by atoms with Crippen LogP contribution in [0.4, 0.5) is 4.79 Å². The van der Waals surface area contributed by atoms with Crippen molar-refractivity contribution in [1.82, 2.24) is 15.5 Å². The number of guanidine groups is 1. The Kier molecular flexibility index (Phi) is 15.1. The van der Waals surface area contributed by atoms with Crippen LogP contribution in [0.15, 0.2) is 72.8 Å². The average Bonchev–Trinajstić information content (AvgIpc) is 3.12. The molecule has 0 aliphatic rings. The van der Waals surface area contributed by atoms with Gasteiger partial charge in [-0.2, -0.15) is 0 Å². The number of carbonyl (C=O) groups excluding carboxylic acids is 5. The Morgan fingerprint density at radius 3 is 1.65 bits per heavy atom. The van der Waals surface area contributed by atoms with Gasteiger partial charge in [-0.3, -0.25) is 15.0 Å². The van der Waals surface area contributed by atoms with Crippen molar-refractivity contribution in [2.45, 2.75) is 37.9 Å². The molecule has 0 aliphatic heterocycles. The molecule has 0 fully saturated rings. The molecule has 3 rings (SSSR count). The van der Waals surface area contributed by atoms with Gasteiger partial charge in [0.2, 0.25) is 11.8 Å². The molecule has 0 spiro atoms. The van der Waals surface area contributed by atoms with Crippen LogP contribution in [-0.2, 0) is 41.7 Å². The fraction of sp³-hybridized carbons (Fsp3) is 0.314. The molecule has 0 bridgehead atoms. The molecule has 51 heavy (non-hydrogen) atoms. The summed E-state index contributed by atoms with van der Waals surface area (Å²) in [6.45, 7) is -0.157. The summed E-state index contributed by atoms with van der Waals surface area (Å²) in [4.78, 5) is 63.7. The van der Waals surface area contributed by atoms with Gasteiger partial charge >= 0.3 is 18.0 Å². The third-order valence-electron chi connectivity index (χ3n) is 7.64. The van der Waals surface area contributed by atoms with E-state index >= 15 is 0 Å². The van der Waals surface area contributed by atoms with E-state index in [1.165, 1.54) is 19.1 Å². The van der Waals surface area contributed by atoms with Crippen molar-refractivity contribution in [3.63, 3.8) is 0 Å². The van der Waals surface area contributed by atoms with E-state index in [2.05, 4.69) is 20.1 Å². The average molecular weight is 706 g/mol. The van der Waals surface area contributed by atoms with Crippen LogP contribution >= 0.6 is 0 Å². The zero-order valence-electron chi connectivity index (χ0n) is 28.4. The predicted molar refractivity (Wildman–Crippen MR) is 185 cm³/mol. The molecule has 0 heterocycles. The molecule has 0 aromatic heterocycles. The number of carbonyl (C=O) groups is 5. The number of benzene rings is 3. The molecular formula is C35H43N7O9. The summed E-state index contributed by atoms with van der Waals surface area (Å²) < 4.78 is 20.2. The summed E-state index contributed by atoms with van der Waals surface area (Å²) in [6, 6.07) is 18.4. The van der Waals surface area contributed by atoms with Crippen LogP contribution in [0, 0.1) is 5.41 Å². The summed E-state index contributed by atoms with van der Waals surface area (Å²) in [5.74, 6) is -2.80. The maximum Gasteiger partial charge on any atom is 0.343 e. The standard InChI is InChI=1S/C35H43N7O9/c1-48-29(43)20-50-26-13-9-24(10-14-26)31(25-11-15-27(16-12-25)51-21-30(44)49-2)33(46)42(28(32(36)45)4-3-17-40-34(37)38)19-23-7-5-22(6-8-23)18-41-35(39)47/h5-16,28,31H,3-4,17-21H2,1-2H3,(H2,36,45)(H4,37,38,40)(H3,39,41,47)/t28-/m1/s1. The van der Waals surface area contributed by atoms with E-state index in [0.29, 0.717) is 34.6 Å². The van der Waals surface area contributed by atoms with Gasteiger partial charge in [0.25, 0.3) is 0 Å². The maximum atomic E-state index is 14.9. The summed E-state index contributed by atoms with van der Waals surface area (Å²) in [7, 11) is 2.49. The third-order valence-corrected chi connectivity index (χ3v) is 7.64. The Balaban J connectivity index is 2.05. The maximum absolute atomic E-state index is 14.9. The van der Waals surface area contributed by atoms with Gasteiger partial charge in [-0.15, -0.1) is 0 Å². The first-order valence-corrected chi connectivity index (χ1v) is 15.8. The lowest BCUT2D eigenvalue weighted by Gasteiger charge is -2.33. The van der Waals surface area contributed by atoms with Gasteiger partial charge in [-0.1, -0.05) is 48.5 Å². The second-order valence-corrected chi connectivity index (χ2v) is 11.2. The lowest BCUT2D eigenvalue weighted by Crippen LogP contribution is -2.49. The Morgan fingerprint density at radius 1 is 0.725 bits per heavy atom. The minimum atomic E-state index is -1.06. The van der Waals surface area contributed by atoms with Gasteiger partial charge in [0.15, 0.2) is 19.2 Å². The minimum Gasteiger partial charge on any atom is -0.482 e. The molecule has 0 unspecified atom stereocenters. The molecule has 3 aromatic rings. The largest absolute Gasteiger partial charge is 0.482 e. The number of nitrogens with two attached hydrogens (primary N) is 3. The van der Waals surface area contributed by atoms with E-state index in [4.69, 9.17) is 32.1 Å². The Hall–Kier alpha value is -6.32. The smallest absolute Gasteiger partial charge is 0.343 e. The van der Waals surface area contributed by atoms with Gasteiger partial charge in [-0.25, -0.2) is 14.4 Å². The van der Waals surface area contributed by atoms with E-state index in [0.717, 1.165) is 5.56 Å². The topological polar surface area (TPSA) is 251 Å². The molecule has 0 aliphatic carbocycles. The molecule has 3 aromatic carbocycles. The number of nitrogens with one attached hydrogen (secondary N) is 3. The normalized spacial score (nSPS) is 11.1. The Bertz CT molecular complexity index is 1590. The molecule has 1 atom stereocenters. The molecule has 0 saturated carbocycles. The highest BCUT2D eigenvalue weighted by Gasteiger charge is 2.34. The lowest BCUT2D eigenvalue weighted by molar-refractivity contribution is -0.143. The molecule has 9 N–H and O–H groups in total. The van der Waals surface area contributed by atoms with Crippen LogP contribution in [0.3, 0.4) is 0 Å². The van der Waals surface area contributed by atoms with E-state index in [1.807, 2.05) is 0 Å². The lowest BCUT2D eigenvalue weighted by atomic mass is 9.88. The number of esters is 2. The number of urea groups is 1. The Morgan fingerprint density at radius 2 is 1.22 bits per heavy atom. The van der Waals surface area contributed by atoms with E-state index in [1.54, 1.807) is 72.8 Å². The van der Waals surface area contributed by atoms with Crippen LogP contribution in [0.25, 0.3) is 0 Å². The number of rotatable bonds is 19. The van der Waals surface area contributed by atoms with Gasteiger partial charge in [-0.05, 0) is 59.4 Å². The highest BCUT2D eigenvalue weighted by atomic mass is 16.6. The summed E-state index contributed by atoms with van der Waals surface area (Å²) in [5.41, 5.74) is 19.1. The number of hydrogen-bond acceptors (Lipinski definition) is 10. The van der Waals surface area contributed by atoms with E-state index in [9.17, 15) is 24.0 Å². The van der Waals surface area contributed by atoms with Crippen LogP contribution in [-0.4, -0.2) is 80.7 Å². The number of ether oxygens (including phenoxy) is 4. The van der Waals surface area contributed by atoms with Crippen LogP contribution < -0.4 is 37.3 Å². The molecule has 272 valence electrons. The van der Waals surface area contributed by atoms with Crippen molar-refractivity contribution in [2.24, 2.45) is 17.2 Å². The highest BCUT2D eigenvalue weighted by molar-refractivity contribution is 5.92. The number of nitrogens with zero attached hydrogens (tertiary/aromatic N) is 1. The fourth-order valence-corrected chi connectivity index (χ4v) is 5.02. The van der Waals surface area contributed by atoms with Gasteiger partial charge < -0.3 is 51.7 Å².